The zero-order chi connectivity index (χ0) is 19.2. The van der Waals surface area contributed by atoms with E-state index in [2.05, 4.69) is 60.6 Å². The van der Waals surface area contributed by atoms with E-state index in [1.807, 2.05) is 33.5 Å². The number of rotatable bonds is 4. The molecule has 0 amide bonds. The molecule has 1 atom stereocenters. The Bertz CT molecular complexity index is 861. The average Bonchev–Trinajstić information content (AvgIpc) is 3.21. The molecule has 142 valence electrons. The molecule has 3 N–H and O–H groups in total. The van der Waals surface area contributed by atoms with Gasteiger partial charge >= 0.3 is 0 Å². The number of nitrogens with one attached hydrogen (secondary N) is 3. The van der Waals surface area contributed by atoms with E-state index in [0.29, 0.717) is 0 Å². The van der Waals surface area contributed by atoms with E-state index in [1.165, 1.54) is 5.56 Å². The monoisotopic (exact) mass is 365 g/mol. The molecule has 1 aromatic carbocycles. The van der Waals surface area contributed by atoms with Crippen LogP contribution in [0.5, 0.6) is 0 Å². The molecular formula is C20H27N7. The number of aromatic amines is 1. The Balaban J connectivity index is 0.000000659. The Kier molecular flexibility index (Phi) is 6.03. The molecule has 1 aliphatic rings. The Morgan fingerprint density at radius 2 is 1.89 bits per heavy atom. The Labute approximate surface area is 160 Å². The van der Waals surface area contributed by atoms with Crippen molar-refractivity contribution in [1.82, 2.24) is 25.3 Å². The molecule has 3 aromatic rings. The van der Waals surface area contributed by atoms with Crippen molar-refractivity contribution in [2.75, 3.05) is 31.4 Å². The summed E-state index contributed by atoms with van der Waals surface area (Å²) in [5.74, 6) is 2.91. The molecule has 1 aliphatic heterocycles. The number of benzene rings is 1. The van der Waals surface area contributed by atoms with E-state index in [0.717, 1.165) is 41.7 Å². The summed E-state index contributed by atoms with van der Waals surface area (Å²) in [6.45, 7) is 2.20. The number of aromatic nitrogens is 4. The minimum absolute atomic E-state index is 0.269. The van der Waals surface area contributed by atoms with Crippen molar-refractivity contribution in [3.8, 4) is 0 Å². The first kappa shape index (κ1) is 18.8. The second-order valence-corrected chi connectivity index (χ2v) is 6.50. The van der Waals surface area contributed by atoms with Crippen LogP contribution in [0.4, 0.5) is 23.0 Å². The fraction of sp³-hybridized carbons (Fsp3) is 0.350. The van der Waals surface area contributed by atoms with Gasteiger partial charge in [-0.05, 0) is 38.2 Å². The molecule has 0 saturated carbocycles. The van der Waals surface area contributed by atoms with Gasteiger partial charge in [0.15, 0.2) is 11.6 Å². The molecule has 0 saturated heterocycles. The van der Waals surface area contributed by atoms with Gasteiger partial charge in [-0.25, -0.2) is 15.0 Å². The summed E-state index contributed by atoms with van der Waals surface area (Å²) in [6, 6.07) is 6.52. The minimum atomic E-state index is 0.269. The predicted octanol–water partition coefficient (Wildman–Crippen LogP) is 3.79. The molecule has 4 rings (SSSR count). The van der Waals surface area contributed by atoms with Crippen LogP contribution in [0.25, 0.3) is 0 Å². The van der Waals surface area contributed by atoms with Crippen LogP contribution in [-0.4, -0.2) is 41.1 Å². The van der Waals surface area contributed by atoms with Crippen molar-refractivity contribution in [2.45, 2.75) is 25.7 Å². The summed E-state index contributed by atoms with van der Waals surface area (Å²) in [7, 11) is 5.77. The molecule has 0 spiro atoms. The van der Waals surface area contributed by atoms with Crippen LogP contribution < -0.4 is 15.5 Å². The summed E-state index contributed by atoms with van der Waals surface area (Å²) in [4.78, 5) is 18.6. The summed E-state index contributed by atoms with van der Waals surface area (Å²) >= 11 is 0. The first-order valence-electron chi connectivity index (χ1n) is 9.23. The third-order valence-electron chi connectivity index (χ3n) is 4.46. The smallest absolute Gasteiger partial charge is 0.176 e. The van der Waals surface area contributed by atoms with Gasteiger partial charge < -0.3 is 20.5 Å². The quantitative estimate of drug-likeness (QED) is 0.652. The van der Waals surface area contributed by atoms with Gasteiger partial charge in [0, 0.05) is 37.8 Å². The largest absolute Gasteiger partial charge is 0.348 e. The Morgan fingerprint density at radius 3 is 2.59 bits per heavy atom. The first-order valence-corrected chi connectivity index (χ1v) is 9.23. The van der Waals surface area contributed by atoms with Crippen LogP contribution in [0, 0.1) is 0 Å². The maximum Gasteiger partial charge on any atom is 0.176 e. The summed E-state index contributed by atoms with van der Waals surface area (Å²) in [6.07, 6.45) is 9.27. The van der Waals surface area contributed by atoms with E-state index in [9.17, 15) is 0 Å². The van der Waals surface area contributed by atoms with Crippen LogP contribution in [0.1, 0.15) is 37.1 Å². The van der Waals surface area contributed by atoms with Gasteiger partial charge in [-0.15, -0.1) is 0 Å². The zero-order valence-electron chi connectivity index (χ0n) is 16.3. The third kappa shape index (κ3) is 3.93. The highest BCUT2D eigenvalue weighted by Crippen LogP contribution is 2.42. The molecule has 0 aliphatic carbocycles. The van der Waals surface area contributed by atoms with E-state index >= 15 is 0 Å². The average molecular weight is 365 g/mol. The Hall–Kier alpha value is -2.93. The summed E-state index contributed by atoms with van der Waals surface area (Å²) in [5, 5.41) is 6.16. The summed E-state index contributed by atoms with van der Waals surface area (Å²) in [5.41, 5.74) is 3.40. The molecule has 0 bridgehead atoms. The van der Waals surface area contributed by atoms with Crippen molar-refractivity contribution in [2.24, 2.45) is 0 Å². The normalized spacial score (nSPS) is 13.0. The fourth-order valence-electron chi connectivity index (χ4n) is 3.29. The molecule has 0 radical (unpaired) electrons. The van der Waals surface area contributed by atoms with Crippen LogP contribution in [0.3, 0.4) is 0 Å². The lowest BCUT2D eigenvalue weighted by Gasteiger charge is -2.29. The van der Waals surface area contributed by atoms with Crippen molar-refractivity contribution >= 4 is 23.0 Å². The van der Waals surface area contributed by atoms with Gasteiger partial charge in [-0.1, -0.05) is 19.4 Å². The highest BCUT2D eigenvalue weighted by atomic mass is 15.3. The fourth-order valence-corrected chi connectivity index (χ4v) is 3.29. The van der Waals surface area contributed by atoms with Crippen LogP contribution >= 0.6 is 0 Å². The lowest BCUT2D eigenvalue weighted by atomic mass is 9.92. The van der Waals surface area contributed by atoms with Gasteiger partial charge in [0.25, 0.3) is 0 Å². The highest BCUT2D eigenvalue weighted by Gasteiger charge is 2.24. The topological polar surface area (TPSA) is 81.8 Å². The van der Waals surface area contributed by atoms with Crippen molar-refractivity contribution in [3.05, 3.63) is 54.4 Å². The molecule has 1 unspecified atom stereocenters. The van der Waals surface area contributed by atoms with Crippen molar-refractivity contribution in [1.29, 1.82) is 0 Å². The number of nitrogens with zero attached hydrogens (tertiary/aromatic N) is 4. The molecular weight excluding hydrogens is 338 g/mol. The summed E-state index contributed by atoms with van der Waals surface area (Å²) < 4.78 is 0. The number of hydrogen-bond donors (Lipinski definition) is 3. The van der Waals surface area contributed by atoms with Gasteiger partial charge in [0.2, 0.25) is 0 Å². The van der Waals surface area contributed by atoms with E-state index in [1.54, 1.807) is 12.4 Å². The molecule has 7 heteroatoms. The number of anilines is 4. The van der Waals surface area contributed by atoms with Crippen LogP contribution in [0.2, 0.25) is 0 Å². The molecule has 0 fully saturated rings. The molecule has 3 heterocycles. The second kappa shape index (κ2) is 8.64. The lowest BCUT2D eigenvalue weighted by Crippen LogP contribution is -2.20. The SMILES string of the molecule is CCCC(c1ccc2c(c1)Nc1nccnc1N2C)c1ncc[nH]1.CNC. The first-order chi connectivity index (χ1) is 13.2. The van der Waals surface area contributed by atoms with Gasteiger partial charge in [0.05, 0.1) is 11.4 Å². The maximum atomic E-state index is 4.47. The van der Waals surface area contributed by atoms with Crippen LogP contribution in [-0.2, 0) is 0 Å². The van der Waals surface area contributed by atoms with E-state index < -0.39 is 0 Å². The number of hydrogen-bond acceptors (Lipinski definition) is 6. The number of imidazole rings is 1. The molecule has 7 nitrogen and oxygen atoms in total. The maximum absolute atomic E-state index is 4.47. The second-order valence-electron chi connectivity index (χ2n) is 6.50. The highest BCUT2D eigenvalue weighted by molar-refractivity contribution is 5.88. The van der Waals surface area contributed by atoms with Crippen molar-refractivity contribution < 1.29 is 0 Å². The predicted molar refractivity (Wildman–Crippen MR) is 110 cm³/mol. The molecule has 2 aromatic heterocycles. The van der Waals surface area contributed by atoms with E-state index in [-0.39, 0.29) is 5.92 Å². The van der Waals surface area contributed by atoms with Crippen molar-refractivity contribution in [3.63, 3.8) is 0 Å². The number of fused-ring (bicyclic) bond motifs is 2. The Morgan fingerprint density at radius 1 is 1.11 bits per heavy atom. The standard InChI is InChI=1S/C18H20N6.C2H7N/c1-3-4-13(16-19-7-8-20-16)12-5-6-15-14(11-12)23-17-18(24(15)2)22-10-9-21-17;1-3-2/h5-11,13H,3-4H2,1-2H3,(H,19,20)(H,21,23);3H,1-2H3. The van der Waals surface area contributed by atoms with Crippen LogP contribution in [0.15, 0.2) is 43.0 Å². The van der Waals surface area contributed by atoms with E-state index in [4.69, 9.17) is 0 Å². The number of H-pyrrole nitrogens is 1. The minimum Gasteiger partial charge on any atom is -0.348 e. The van der Waals surface area contributed by atoms with Gasteiger partial charge in [0.1, 0.15) is 5.82 Å². The third-order valence-corrected chi connectivity index (χ3v) is 4.46. The van der Waals surface area contributed by atoms with Gasteiger partial charge in [-0.3, -0.25) is 0 Å². The lowest BCUT2D eigenvalue weighted by molar-refractivity contribution is 0.666. The molecule has 27 heavy (non-hydrogen) atoms. The zero-order valence-corrected chi connectivity index (χ0v) is 16.3. The van der Waals surface area contributed by atoms with Gasteiger partial charge in [-0.2, -0.15) is 0 Å².